The van der Waals surface area contributed by atoms with E-state index in [1.54, 1.807) is 6.20 Å². The first-order valence-corrected chi connectivity index (χ1v) is 6.46. The Morgan fingerprint density at radius 2 is 1.95 bits per heavy atom. The van der Waals surface area contributed by atoms with Crippen LogP contribution in [0.1, 0.15) is 34.7 Å². The zero-order chi connectivity index (χ0) is 13.2. The van der Waals surface area contributed by atoms with Crippen molar-refractivity contribution in [1.29, 1.82) is 0 Å². The van der Waals surface area contributed by atoms with Gasteiger partial charge in [-0.2, -0.15) is 0 Å². The van der Waals surface area contributed by atoms with E-state index >= 15 is 0 Å². The standard InChI is InChI=1S/C15H16FN3/c16-14-7-13(8-18-9-14)15(19-17)12-5-4-10-2-1-3-11(10)6-12/h4-9,15,19H,1-3,17H2. The topological polar surface area (TPSA) is 50.9 Å². The Morgan fingerprint density at radius 1 is 1.11 bits per heavy atom. The van der Waals surface area contributed by atoms with Crippen LogP contribution in [-0.4, -0.2) is 4.98 Å². The predicted octanol–water partition coefficient (Wildman–Crippen LogP) is 2.26. The molecule has 0 fully saturated rings. The number of benzene rings is 1. The van der Waals surface area contributed by atoms with Crippen LogP contribution in [-0.2, 0) is 12.8 Å². The molecule has 0 saturated carbocycles. The summed E-state index contributed by atoms with van der Waals surface area (Å²) in [7, 11) is 0. The summed E-state index contributed by atoms with van der Waals surface area (Å²) in [6, 6.07) is 7.60. The fourth-order valence-electron chi connectivity index (χ4n) is 2.74. The van der Waals surface area contributed by atoms with Crippen LogP contribution in [0.5, 0.6) is 0 Å². The summed E-state index contributed by atoms with van der Waals surface area (Å²) in [5.74, 6) is 5.28. The molecule has 1 aromatic heterocycles. The van der Waals surface area contributed by atoms with Gasteiger partial charge in [0, 0.05) is 6.20 Å². The van der Waals surface area contributed by atoms with Gasteiger partial charge in [0.1, 0.15) is 5.82 Å². The van der Waals surface area contributed by atoms with Crippen molar-refractivity contribution in [2.24, 2.45) is 5.84 Å². The summed E-state index contributed by atoms with van der Waals surface area (Å²) in [5.41, 5.74) is 7.33. The molecule has 0 radical (unpaired) electrons. The van der Waals surface area contributed by atoms with Crippen molar-refractivity contribution in [3.63, 3.8) is 0 Å². The SMILES string of the molecule is NNC(c1cncc(F)c1)c1ccc2c(c1)CCC2. The maximum atomic E-state index is 13.3. The fourth-order valence-corrected chi connectivity index (χ4v) is 2.74. The van der Waals surface area contributed by atoms with Gasteiger partial charge in [-0.25, -0.2) is 9.82 Å². The molecule has 1 aromatic carbocycles. The number of pyridine rings is 1. The summed E-state index contributed by atoms with van der Waals surface area (Å²) in [6.07, 6.45) is 6.31. The lowest BCUT2D eigenvalue weighted by Crippen LogP contribution is -2.29. The van der Waals surface area contributed by atoms with E-state index in [-0.39, 0.29) is 11.9 Å². The van der Waals surface area contributed by atoms with Crippen molar-refractivity contribution in [2.75, 3.05) is 0 Å². The first-order valence-electron chi connectivity index (χ1n) is 6.46. The van der Waals surface area contributed by atoms with Crippen molar-refractivity contribution in [2.45, 2.75) is 25.3 Å². The lowest BCUT2D eigenvalue weighted by atomic mass is 9.97. The monoisotopic (exact) mass is 257 g/mol. The van der Waals surface area contributed by atoms with Gasteiger partial charge in [-0.15, -0.1) is 0 Å². The number of aryl methyl sites for hydroxylation is 2. The number of aromatic nitrogens is 1. The third-order valence-corrected chi connectivity index (χ3v) is 3.68. The molecule has 0 saturated heterocycles. The maximum absolute atomic E-state index is 13.3. The lowest BCUT2D eigenvalue weighted by Gasteiger charge is -2.17. The average molecular weight is 257 g/mol. The van der Waals surface area contributed by atoms with Crippen LogP contribution >= 0.6 is 0 Å². The van der Waals surface area contributed by atoms with Crippen molar-refractivity contribution in [1.82, 2.24) is 10.4 Å². The number of hydrogen-bond acceptors (Lipinski definition) is 3. The van der Waals surface area contributed by atoms with E-state index in [0.717, 1.165) is 24.0 Å². The second kappa shape index (κ2) is 5.07. The van der Waals surface area contributed by atoms with E-state index in [9.17, 15) is 4.39 Å². The molecule has 1 unspecified atom stereocenters. The molecule has 4 heteroatoms. The van der Waals surface area contributed by atoms with Gasteiger partial charge in [-0.1, -0.05) is 18.2 Å². The quantitative estimate of drug-likeness (QED) is 0.655. The summed E-state index contributed by atoms with van der Waals surface area (Å²) in [6.45, 7) is 0. The van der Waals surface area contributed by atoms with Crippen LogP contribution < -0.4 is 11.3 Å². The Bertz CT molecular complexity index is 598. The smallest absolute Gasteiger partial charge is 0.141 e. The molecule has 98 valence electrons. The Balaban J connectivity index is 1.98. The lowest BCUT2D eigenvalue weighted by molar-refractivity contribution is 0.597. The van der Waals surface area contributed by atoms with Crippen molar-refractivity contribution < 1.29 is 4.39 Å². The van der Waals surface area contributed by atoms with Gasteiger partial charge < -0.3 is 0 Å². The highest BCUT2D eigenvalue weighted by atomic mass is 19.1. The molecule has 0 spiro atoms. The molecule has 1 aliphatic rings. The highest BCUT2D eigenvalue weighted by Gasteiger charge is 2.17. The number of nitrogens with one attached hydrogen (secondary N) is 1. The highest BCUT2D eigenvalue weighted by Crippen LogP contribution is 2.28. The minimum Gasteiger partial charge on any atom is -0.271 e. The average Bonchev–Trinajstić information content (AvgIpc) is 2.87. The predicted molar refractivity (Wildman–Crippen MR) is 71.8 cm³/mol. The third kappa shape index (κ3) is 2.37. The zero-order valence-electron chi connectivity index (χ0n) is 10.6. The summed E-state index contributed by atoms with van der Waals surface area (Å²) in [5, 5.41) is 0. The van der Waals surface area contributed by atoms with E-state index in [1.165, 1.54) is 29.8 Å². The molecule has 3 nitrogen and oxygen atoms in total. The summed E-state index contributed by atoms with van der Waals surface area (Å²) in [4.78, 5) is 3.88. The Labute approximate surface area is 111 Å². The first-order chi connectivity index (χ1) is 9.28. The van der Waals surface area contributed by atoms with Gasteiger partial charge in [0.2, 0.25) is 0 Å². The number of nitrogens with two attached hydrogens (primary N) is 1. The first kappa shape index (κ1) is 12.3. The minimum atomic E-state index is -0.348. The molecule has 19 heavy (non-hydrogen) atoms. The highest BCUT2D eigenvalue weighted by molar-refractivity contribution is 5.39. The molecular formula is C15H16FN3. The number of rotatable bonds is 3. The molecule has 0 amide bonds. The molecular weight excluding hydrogens is 241 g/mol. The van der Waals surface area contributed by atoms with Gasteiger partial charge in [-0.05, 0) is 47.6 Å². The summed E-state index contributed by atoms with van der Waals surface area (Å²) >= 11 is 0. The number of halogens is 1. The van der Waals surface area contributed by atoms with Gasteiger partial charge >= 0.3 is 0 Å². The third-order valence-electron chi connectivity index (χ3n) is 3.68. The molecule has 1 aliphatic carbocycles. The maximum Gasteiger partial charge on any atom is 0.141 e. The van der Waals surface area contributed by atoms with Gasteiger partial charge in [0.25, 0.3) is 0 Å². The molecule has 1 heterocycles. The van der Waals surface area contributed by atoms with Gasteiger partial charge in [-0.3, -0.25) is 10.8 Å². The van der Waals surface area contributed by atoms with Crippen LogP contribution in [0.15, 0.2) is 36.7 Å². The zero-order valence-corrected chi connectivity index (χ0v) is 10.6. The van der Waals surface area contributed by atoms with Crippen molar-refractivity contribution >= 4 is 0 Å². The number of nitrogens with zero attached hydrogens (tertiary/aromatic N) is 1. The van der Waals surface area contributed by atoms with E-state index in [2.05, 4.69) is 28.6 Å². The molecule has 0 aliphatic heterocycles. The number of fused-ring (bicyclic) bond motifs is 1. The second-order valence-corrected chi connectivity index (χ2v) is 4.92. The number of hydrogen-bond donors (Lipinski definition) is 2. The normalized spacial score (nSPS) is 15.3. The molecule has 2 aromatic rings. The van der Waals surface area contributed by atoms with E-state index < -0.39 is 0 Å². The van der Waals surface area contributed by atoms with Crippen LogP contribution in [0.2, 0.25) is 0 Å². The molecule has 1 atom stereocenters. The van der Waals surface area contributed by atoms with Crippen LogP contribution in [0, 0.1) is 5.82 Å². The molecule has 3 N–H and O–H groups in total. The largest absolute Gasteiger partial charge is 0.271 e. The number of hydrazine groups is 1. The van der Waals surface area contributed by atoms with Gasteiger partial charge in [0.05, 0.1) is 12.2 Å². The molecule has 0 bridgehead atoms. The Hall–Kier alpha value is -1.78. The van der Waals surface area contributed by atoms with Crippen LogP contribution in [0.4, 0.5) is 4.39 Å². The van der Waals surface area contributed by atoms with Gasteiger partial charge in [0.15, 0.2) is 0 Å². The van der Waals surface area contributed by atoms with Crippen molar-refractivity contribution in [3.8, 4) is 0 Å². The van der Waals surface area contributed by atoms with Crippen LogP contribution in [0.3, 0.4) is 0 Å². The van der Waals surface area contributed by atoms with E-state index in [0.29, 0.717) is 0 Å². The Kier molecular flexibility index (Phi) is 3.27. The van der Waals surface area contributed by atoms with E-state index in [4.69, 9.17) is 5.84 Å². The van der Waals surface area contributed by atoms with Crippen LogP contribution in [0.25, 0.3) is 0 Å². The van der Waals surface area contributed by atoms with E-state index in [1.807, 2.05) is 0 Å². The minimum absolute atomic E-state index is 0.228. The van der Waals surface area contributed by atoms with Crippen molar-refractivity contribution in [3.05, 3.63) is 64.7 Å². The fraction of sp³-hybridized carbons (Fsp3) is 0.267. The second-order valence-electron chi connectivity index (χ2n) is 4.92. The molecule has 3 rings (SSSR count). The summed E-state index contributed by atoms with van der Waals surface area (Å²) < 4.78 is 13.3. The Morgan fingerprint density at radius 3 is 2.74 bits per heavy atom.